The van der Waals surface area contributed by atoms with Crippen LogP contribution in [0.4, 0.5) is 0 Å². The van der Waals surface area contributed by atoms with Crippen molar-refractivity contribution < 1.29 is 19.2 Å². The van der Waals surface area contributed by atoms with E-state index in [4.69, 9.17) is 5.11 Å². The average molecular weight is 262 g/mol. The van der Waals surface area contributed by atoms with Crippen LogP contribution in [0.1, 0.15) is 32.4 Å². The standard InChI is InChI=1S/C11H10N4O4/c1-6-3-13-7(4-12-6)5-14-10(16)8-2-9(11(17)18)19-15-8/h2-4H,5H2,1H3,(H,14,16)(H,17,18). The maximum absolute atomic E-state index is 11.6. The number of carboxylic acid groups (broad SMARTS) is 1. The lowest BCUT2D eigenvalue weighted by Crippen LogP contribution is -2.23. The Hall–Kier alpha value is -2.77. The molecule has 0 aliphatic heterocycles. The van der Waals surface area contributed by atoms with Crippen LogP contribution in [0.2, 0.25) is 0 Å². The van der Waals surface area contributed by atoms with Gasteiger partial charge in [0.05, 0.1) is 24.1 Å². The molecule has 0 saturated heterocycles. The van der Waals surface area contributed by atoms with Gasteiger partial charge in [-0.3, -0.25) is 14.8 Å². The van der Waals surface area contributed by atoms with Gasteiger partial charge >= 0.3 is 5.97 Å². The highest BCUT2D eigenvalue weighted by Gasteiger charge is 2.16. The summed E-state index contributed by atoms with van der Waals surface area (Å²) in [5.74, 6) is -2.21. The Balaban J connectivity index is 1.97. The highest BCUT2D eigenvalue weighted by molar-refractivity contribution is 5.94. The van der Waals surface area contributed by atoms with E-state index in [1.54, 1.807) is 19.3 Å². The summed E-state index contributed by atoms with van der Waals surface area (Å²) in [5, 5.41) is 14.5. The molecule has 0 spiro atoms. The van der Waals surface area contributed by atoms with Crippen LogP contribution in [0.5, 0.6) is 0 Å². The molecule has 8 heteroatoms. The molecule has 0 radical (unpaired) electrons. The smallest absolute Gasteiger partial charge is 0.374 e. The van der Waals surface area contributed by atoms with E-state index in [-0.39, 0.29) is 18.0 Å². The lowest BCUT2D eigenvalue weighted by molar-refractivity contribution is 0.0651. The van der Waals surface area contributed by atoms with Crippen molar-refractivity contribution in [1.82, 2.24) is 20.4 Å². The van der Waals surface area contributed by atoms with Gasteiger partial charge in [-0.1, -0.05) is 5.16 Å². The third-order valence-electron chi connectivity index (χ3n) is 2.22. The van der Waals surface area contributed by atoms with E-state index in [1.165, 1.54) is 0 Å². The van der Waals surface area contributed by atoms with Crippen LogP contribution in [-0.4, -0.2) is 32.1 Å². The molecule has 2 heterocycles. The molecule has 0 bridgehead atoms. The summed E-state index contributed by atoms with van der Waals surface area (Å²) in [6.07, 6.45) is 3.13. The van der Waals surface area contributed by atoms with Crippen LogP contribution < -0.4 is 5.32 Å². The summed E-state index contributed by atoms with van der Waals surface area (Å²) in [5.41, 5.74) is 1.26. The Morgan fingerprint density at radius 2 is 2.16 bits per heavy atom. The predicted molar refractivity (Wildman–Crippen MR) is 61.4 cm³/mol. The summed E-state index contributed by atoms with van der Waals surface area (Å²) in [6.45, 7) is 1.97. The maximum Gasteiger partial charge on any atom is 0.374 e. The number of nitrogens with one attached hydrogen (secondary N) is 1. The van der Waals surface area contributed by atoms with Crippen molar-refractivity contribution >= 4 is 11.9 Å². The third-order valence-corrected chi connectivity index (χ3v) is 2.22. The van der Waals surface area contributed by atoms with Gasteiger partial charge in [0.25, 0.3) is 5.91 Å². The molecule has 2 N–H and O–H groups in total. The van der Waals surface area contributed by atoms with Crippen molar-refractivity contribution in [3.8, 4) is 0 Å². The fourth-order valence-electron chi connectivity index (χ4n) is 1.26. The fraction of sp³-hybridized carbons (Fsp3) is 0.182. The predicted octanol–water partition coefficient (Wildman–Crippen LogP) is 0.401. The first-order valence-electron chi connectivity index (χ1n) is 5.32. The molecule has 2 rings (SSSR count). The van der Waals surface area contributed by atoms with Gasteiger partial charge in [-0.2, -0.15) is 0 Å². The van der Waals surface area contributed by atoms with E-state index in [2.05, 4.69) is 25.0 Å². The fourth-order valence-corrected chi connectivity index (χ4v) is 1.26. The third kappa shape index (κ3) is 3.12. The number of nitrogens with zero attached hydrogens (tertiary/aromatic N) is 3. The van der Waals surface area contributed by atoms with E-state index < -0.39 is 11.9 Å². The zero-order valence-electron chi connectivity index (χ0n) is 9.95. The number of aromatic carboxylic acids is 1. The van der Waals surface area contributed by atoms with Crippen molar-refractivity contribution in [1.29, 1.82) is 0 Å². The lowest BCUT2D eigenvalue weighted by Gasteiger charge is -2.01. The highest BCUT2D eigenvalue weighted by atomic mass is 16.5. The summed E-state index contributed by atoms with van der Waals surface area (Å²) in [4.78, 5) is 30.3. The number of amides is 1. The molecule has 0 aliphatic rings. The largest absolute Gasteiger partial charge is 0.475 e. The van der Waals surface area contributed by atoms with Crippen LogP contribution in [0.15, 0.2) is 23.0 Å². The van der Waals surface area contributed by atoms with Gasteiger partial charge < -0.3 is 14.9 Å². The molecule has 1 amide bonds. The van der Waals surface area contributed by atoms with Crippen LogP contribution in [-0.2, 0) is 6.54 Å². The van der Waals surface area contributed by atoms with E-state index in [9.17, 15) is 9.59 Å². The molecular formula is C11H10N4O4. The Kier molecular flexibility index (Phi) is 3.51. The minimum atomic E-state index is -1.28. The Morgan fingerprint density at radius 1 is 1.37 bits per heavy atom. The van der Waals surface area contributed by atoms with Gasteiger partial charge in [-0.25, -0.2) is 4.79 Å². The van der Waals surface area contributed by atoms with Crippen molar-refractivity contribution in [3.63, 3.8) is 0 Å². The van der Waals surface area contributed by atoms with E-state index in [1.807, 2.05) is 0 Å². The zero-order chi connectivity index (χ0) is 13.8. The Labute approximate surface area is 107 Å². The summed E-state index contributed by atoms with van der Waals surface area (Å²) >= 11 is 0. The van der Waals surface area contributed by atoms with Crippen molar-refractivity contribution in [2.24, 2.45) is 0 Å². The Bertz CT molecular complexity index is 605. The monoisotopic (exact) mass is 262 g/mol. The first-order chi connectivity index (χ1) is 9.06. The van der Waals surface area contributed by atoms with E-state index >= 15 is 0 Å². The molecule has 2 aromatic heterocycles. The molecule has 8 nitrogen and oxygen atoms in total. The second-order valence-electron chi connectivity index (χ2n) is 3.71. The molecule has 0 aromatic carbocycles. The van der Waals surface area contributed by atoms with Crippen LogP contribution in [0.3, 0.4) is 0 Å². The molecule has 98 valence electrons. The first-order valence-corrected chi connectivity index (χ1v) is 5.32. The van der Waals surface area contributed by atoms with Crippen LogP contribution in [0, 0.1) is 6.92 Å². The van der Waals surface area contributed by atoms with E-state index in [0.717, 1.165) is 11.8 Å². The SMILES string of the molecule is Cc1cnc(CNC(=O)c2cc(C(=O)O)on2)cn1. The van der Waals surface area contributed by atoms with E-state index in [0.29, 0.717) is 5.69 Å². The second kappa shape index (κ2) is 5.25. The minimum absolute atomic E-state index is 0.0996. The van der Waals surface area contributed by atoms with Gasteiger partial charge in [0.1, 0.15) is 0 Å². The highest BCUT2D eigenvalue weighted by Crippen LogP contribution is 2.03. The molecular weight excluding hydrogens is 252 g/mol. The molecule has 0 saturated carbocycles. The van der Waals surface area contributed by atoms with Gasteiger partial charge in [-0.15, -0.1) is 0 Å². The Morgan fingerprint density at radius 3 is 2.74 bits per heavy atom. The van der Waals surface area contributed by atoms with Crippen molar-refractivity contribution in [2.45, 2.75) is 13.5 Å². The molecule has 0 fully saturated rings. The molecule has 0 unspecified atom stereocenters. The molecule has 0 atom stereocenters. The van der Waals surface area contributed by atoms with Gasteiger partial charge in [0, 0.05) is 12.3 Å². The number of carbonyl (C=O) groups is 2. The second-order valence-corrected chi connectivity index (χ2v) is 3.71. The maximum atomic E-state index is 11.6. The van der Waals surface area contributed by atoms with Gasteiger partial charge in [-0.05, 0) is 6.92 Å². The van der Waals surface area contributed by atoms with Crippen molar-refractivity contribution in [3.05, 3.63) is 41.3 Å². The van der Waals surface area contributed by atoms with Gasteiger partial charge in [0.2, 0.25) is 5.76 Å². The normalized spacial score (nSPS) is 10.2. The number of aromatic nitrogens is 3. The number of rotatable bonds is 4. The van der Waals surface area contributed by atoms with Crippen molar-refractivity contribution in [2.75, 3.05) is 0 Å². The average Bonchev–Trinajstić information content (AvgIpc) is 2.87. The summed E-state index contributed by atoms with van der Waals surface area (Å²) < 4.78 is 4.48. The number of carboxylic acids is 1. The first kappa shape index (κ1) is 12.7. The number of aryl methyl sites for hydroxylation is 1. The minimum Gasteiger partial charge on any atom is -0.475 e. The molecule has 2 aromatic rings. The zero-order valence-corrected chi connectivity index (χ0v) is 9.95. The molecule has 0 aliphatic carbocycles. The number of hydrogen-bond acceptors (Lipinski definition) is 6. The number of hydrogen-bond donors (Lipinski definition) is 2. The van der Waals surface area contributed by atoms with Gasteiger partial charge in [0.15, 0.2) is 5.69 Å². The lowest BCUT2D eigenvalue weighted by atomic mass is 10.3. The van der Waals surface area contributed by atoms with Crippen LogP contribution >= 0.6 is 0 Å². The number of carbonyl (C=O) groups excluding carboxylic acids is 1. The molecule has 19 heavy (non-hydrogen) atoms. The topological polar surface area (TPSA) is 118 Å². The summed E-state index contributed by atoms with van der Waals surface area (Å²) in [6, 6.07) is 1.05. The quantitative estimate of drug-likeness (QED) is 0.818. The summed E-state index contributed by atoms with van der Waals surface area (Å²) in [7, 11) is 0. The van der Waals surface area contributed by atoms with Crippen LogP contribution in [0.25, 0.3) is 0 Å².